The number of nitrogens with one attached hydrogen (secondary N) is 1. The van der Waals surface area contributed by atoms with E-state index in [1.165, 1.54) is 17.0 Å². The van der Waals surface area contributed by atoms with Gasteiger partial charge in [-0.25, -0.2) is 4.98 Å². The monoisotopic (exact) mass is 332 g/mol. The van der Waals surface area contributed by atoms with E-state index in [1.54, 1.807) is 17.5 Å². The Labute approximate surface area is 141 Å². The van der Waals surface area contributed by atoms with Crippen LogP contribution in [0.2, 0.25) is 0 Å². The average Bonchev–Trinajstić information content (AvgIpc) is 3.13. The number of carbonyl (C=O) groups is 1. The quantitative estimate of drug-likeness (QED) is 0.913. The summed E-state index contributed by atoms with van der Waals surface area (Å²) < 4.78 is 0. The van der Waals surface area contributed by atoms with Gasteiger partial charge in [-0.2, -0.15) is 5.10 Å². The number of amides is 1. The molecule has 3 rings (SSSR count). The number of hydrogen-bond acceptors (Lipinski definition) is 4. The number of aromatic nitrogens is 3. The average molecular weight is 332 g/mol. The lowest BCUT2D eigenvalue weighted by Crippen LogP contribution is -2.32. The lowest BCUT2D eigenvalue weighted by Gasteiger charge is -2.26. The summed E-state index contributed by atoms with van der Waals surface area (Å²) in [6.07, 6.45) is 6.94. The number of H-pyrrole nitrogens is 1. The van der Waals surface area contributed by atoms with E-state index in [0.717, 1.165) is 42.9 Å². The van der Waals surface area contributed by atoms with Gasteiger partial charge < -0.3 is 4.90 Å². The smallest absolute Gasteiger partial charge is 0.257 e. The van der Waals surface area contributed by atoms with Crippen molar-refractivity contribution in [1.82, 2.24) is 20.1 Å². The van der Waals surface area contributed by atoms with E-state index in [4.69, 9.17) is 4.98 Å². The molecule has 2 aromatic heterocycles. The van der Waals surface area contributed by atoms with Crippen molar-refractivity contribution in [1.29, 1.82) is 0 Å². The second-order valence-electron chi connectivity index (χ2n) is 6.33. The third kappa shape index (κ3) is 3.32. The minimum absolute atomic E-state index is 0.0567. The summed E-state index contributed by atoms with van der Waals surface area (Å²) in [7, 11) is 1.89. The highest BCUT2D eigenvalue weighted by atomic mass is 32.1. The molecule has 1 amide bonds. The van der Waals surface area contributed by atoms with E-state index < -0.39 is 0 Å². The van der Waals surface area contributed by atoms with Crippen molar-refractivity contribution in [3.63, 3.8) is 0 Å². The lowest BCUT2D eigenvalue weighted by molar-refractivity contribution is 0.0782. The largest absolute Gasteiger partial charge is 0.341 e. The molecular weight excluding hydrogens is 308 g/mol. The molecular formula is C17H24N4OS. The van der Waals surface area contributed by atoms with Gasteiger partial charge in [-0.15, -0.1) is 11.3 Å². The van der Waals surface area contributed by atoms with Crippen LogP contribution in [0.3, 0.4) is 0 Å². The van der Waals surface area contributed by atoms with Crippen molar-refractivity contribution in [3.8, 4) is 0 Å². The number of thiazole rings is 1. The Morgan fingerprint density at radius 2 is 2.35 bits per heavy atom. The SMILES string of the molecule is CCCc1[nH]ncc1C(=O)N(C)C[C@@H]1CCCc2sc(C)nc21. The van der Waals surface area contributed by atoms with Crippen molar-refractivity contribution in [2.45, 2.75) is 51.9 Å². The molecule has 0 aliphatic heterocycles. The van der Waals surface area contributed by atoms with Crippen LogP contribution in [0.4, 0.5) is 0 Å². The first-order chi connectivity index (χ1) is 11.1. The van der Waals surface area contributed by atoms with Gasteiger partial charge in [-0.05, 0) is 32.6 Å². The van der Waals surface area contributed by atoms with Crippen molar-refractivity contribution in [2.24, 2.45) is 0 Å². The zero-order valence-corrected chi connectivity index (χ0v) is 14.9. The highest BCUT2D eigenvalue weighted by Crippen LogP contribution is 2.35. The van der Waals surface area contributed by atoms with Gasteiger partial charge in [0.1, 0.15) is 0 Å². The Morgan fingerprint density at radius 3 is 3.13 bits per heavy atom. The Kier molecular flexibility index (Phi) is 4.80. The minimum Gasteiger partial charge on any atom is -0.341 e. The number of aromatic amines is 1. The number of carbonyl (C=O) groups excluding carboxylic acids is 1. The van der Waals surface area contributed by atoms with E-state index in [0.29, 0.717) is 11.5 Å². The van der Waals surface area contributed by atoms with Crippen LogP contribution in [0.1, 0.15) is 63.7 Å². The molecule has 0 aromatic carbocycles. The van der Waals surface area contributed by atoms with Crippen molar-refractivity contribution in [3.05, 3.63) is 33.0 Å². The van der Waals surface area contributed by atoms with Crippen LogP contribution < -0.4 is 0 Å². The molecule has 5 nitrogen and oxygen atoms in total. The van der Waals surface area contributed by atoms with Gasteiger partial charge in [-0.1, -0.05) is 13.3 Å². The molecule has 6 heteroatoms. The fraction of sp³-hybridized carbons (Fsp3) is 0.588. The van der Waals surface area contributed by atoms with Crippen LogP contribution in [0.25, 0.3) is 0 Å². The number of rotatable bonds is 5. The molecule has 1 atom stereocenters. The van der Waals surface area contributed by atoms with Crippen LogP contribution >= 0.6 is 11.3 Å². The Bertz CT molecular complexity index is 691. The predicted molar refractivity (Wildman–Crippen MR) is 92.1 cm³/mol. The van der Waals surface area contributed by atoms with E-state index in [-0.39, 0.29) is 5.91 Å². The number of hydrogen-bond donors (Lipinski definition) is 1. The molecule has 1 aliphatic carbocycles. The van der Waals surface area contributed by atoms with Crippen molar-refractivity contribution >= 4 is 17.2 Å². The molecule has 124 valence electrons. The molecule has 2 aromatic rings. The van der Waals surface area contributed by atoms with Crippen LogP contribution in [0.15, 0.2) is 6.20 Å². The molecule has 0 fully saturated rings. The topological polar surface area (TPSA) is 61.9 Å². The molecule has 0 saturated heterocycles. The van der Waals surface area contributed by atoms with Crippen LogP contribution in [-0.2, 0) is 12.8 Å². The van der Waals surface area contributed by atoms with Crippen molar-refractivity contribution in [2.75, 3.05) is 13.6 Å². The fourth-order valence-electron chi connectivity index (χ4n) is 3.36. The fourth-order valence-corrected chi connectivity index (χ4v) is 4.43. The molecule has 1 aliphatic rings. The van der Waals surface area contributed by atoms with Gasteiger partial charge in [0.2, 0.25) is 0 Å². The first-order valence-electron chi connectivity index (χ1n) is 8.34. The van der Waals surface area contributed by atoms with Crippen LogP contribution in [0.5, 0.6) is 0 Å². The summed E-state index contributed by atoms with van der Waals surface area (Å²) in [5.41, 5.74) is 2.87. The first-order valence-corrected chi connectivity index (χ1v) is 9.15. The summed E-state index contributed by atoms with van der Waals surface area (Å²) in [5.74, 6) is 0.417. The maximum Gasteiger partial charge on any atom is 0.257 e. The number of nitrogens with zero attached hydrogens (tertiary/aromatic N) is 3. The molecule has 0 unspecified atom stereocenters. The van der Waals surface area contributed by atoms with Gasteiger partial charge in [0.05, 0.1) is 22.5 Å². The predicted octanol–water partition coefficient (Wildman–Crippen LogP) is 3.32. The molecule has 0 spiro atoms. The number of aryl methyl sites for hydroxylation is 3. The second kappa shape index (κ2) is 6.83. The molecule has 2 heterocycles. The second-order valence-corrected chi connectivity index (χ2v) is 7.62. The van der Waals surface area contributed by atoms with Crippen LogP contribution in [-0.4, -0.2) is 39.6 Å². The standard InChI is InChI=1S/C17H24N4OS/c1-4-6-14-13(9-18-20-14)17(22)21(3)10-12-7-5-8-15-16(12)19-11(2)23-15/h9,12H,4-8,10H2,1-3H3,(H,18,20)/t12-/m0/s1. The zero-order chi connectivity index (χ0) is 16.4. The normalized spacial score (nSPS) is 17.1. The third-order valence-corrected chi connectivity index (χ3v) is 5.51. The number of fused-ring (bicyclic) bond motifs is 1. The molecule has 0 radical (unpaired) electrons. The Morgan fingerprint density at radius 1 is 1.52 bits per heavy atom. The summed E-state index contributed by atoms with van der Waals surface area (Å²) in [4.78, 5) is 20.7. The Balaban J connectivity index is 1.73. The summed E-state index contributed by atoms with van der Waals surface area (Å²) >= 11 is 1.81. The molecule has 23 heavy (non-hydrogen) atoms. The minimum atomic E-state index is 0.0567. The van der Waals surface area contributed by atoms with E-state index in [9.17, 15) is 4.79 Å². The van der Waals surface area contributed by atoms with Gasteiger partial charge in [0.15, 0.2) is 0 Å². The Hall–Kier alpha value is -1.69. The summed E-state index contributed by atoms with van der Waals surface area (Å²) in [5, 5.41) is 8.14. The van der Waals surface area contributed by atoms with Gasteiger partial charge in [-0.3, -0.25) is 9.89 Å². The van der Waals surface area contributed by atoms with Gasteiger partial charge in [0, 0.05) is 30.1 Å². The first kappa shape index (κ1) is 16.2. The van der Waals surface area contributed by atoms with E-state index >= 15 is 0 Å². The van der Waals surface area contributed by atoms with Gasteiger partial charge in [0.25, 0.3) is 5.91 Å². The summed E-state index contributed by atoms with van der Waals surface area (Å²) in [6, 6.07) is 0. The van der Waals surface area contributed by atoms with Crippen LogP contribution in [0, 0.1) is 6.92 Å². The summed E-state index contributed by atoms with van der Waals surface area (Å²) in [6.45, 7) is 4.90. The third-order valence-electron chi connectivity index (χ3n) is 4.47. The maximum absolute atomic E-state index is 12.7. The molecule has 1 N–H and O–H groups in total. The van der Waals surface area contributed by atoms with E-state index in [1.807, 2.05) is 11.9 Å². The highest BCUT2D eigenvalue weighted by Gasteiger charge is 2.27. The maximum atomic E-state index is 12.7. The van der Waals surface area contributed by atoms with Crippen molar-refractivity contribution < 1.29 is 4.79 Å². The zero-order valence-electron chi connectivity index (χ0n) is 14.1. The molecule has 0 saturated carbocycles. The van der Waals surface area contributed by atoms with Gasteiger partial charge >= 0.3 is 0 Å². The lowest BCUT2D eigenvalue weighted by atomic mass is 9.90. The highest BCUT2D eigenvalue weighted by molar-refractivity contribution is 7.11. The number of likely N-dealkylation sites (N-methyl/N-ethyl adjacent to an activating group) is 1. The molecule has 0 bridgehead atoms. The van der Waals surface area contributed by atoms with E-state index in [2.05, 4.69) is 24.0 Å².